The summed E-state index contributed by atoms with van der Waals surface area (Å²) in [5.74, 6) is -0.0763. The van der Waals surface area contributed by atoms with E-state index in [1.807, 2.05) is 54.6 Å². The molecule has 2 aromatic rings. The maximum Gasteiger partial charge on any atom is 0.247 e. The van der Waals surface area contributed by atoms with E-state index in [2.05, 4.69) is 10.2 Å². The fourth-order valence-electron chi connectivity index (χ4n) is 4.40. The van der Waals surface area contributed by atoms with E-state index in [9.17, 15) is 9.59 Å². The number of rotatable bonds is 7. The van der Waals surface area contributed by atoms with Crippen LogP contribution >= 0.6 is 0 Å². The van der Waals surface area contributed by atoms with E-state index in [0.717, 1.165) is 29.7 Å². The molecule has 2 amide bonds. The molecule has 1 atom stereocenters. The lowest BCUT2D eigenvalue weighted by Crippen LogP contribution is -2.47. The quantitative estimate of drug-likeness (QED) is 0.739. The largest absolute Gasteiger partial charge is 0.354 e. The molecule has 5 heteroatoms. The number of carbonyl (C=O) groups excluding carboxylic acids is 2. The minimum atomic E-state index is -0.570. The molecule has 5 nitrogen and oxygen atoms in total. The van der Waals surface area contributed by atoms with Gasteiger partial charge in [0.05, 0.1) is 6.42 Å². The van der Waals surface area contributed by atoms with Crippen LogP contribution in [0, 0.1) is 0 Å². The zero-order valence-electron chi connectivity index (χ0n) is 16.8. The molecule has 152 valence electrons. The van der Waals surface area contributed by atoms with Crippen molar-refractivity contribution in [2.45, 2.75) is 38.3 Å². The summed E-state index contributed by atoms with van der Waals surface area (Å²) in [7, 11) is 0. The van der Waals surface area contributed by atoms with Gasteiger partial charge in [0.15, 0.2) is 0 Å². The summed E-state index contributed by atoms with van der Waals surface area (Å²) in [5.41, 5.74) is 2.94. The minimum absolute atomic E-state index is 0.00442. The zero-order valence-corrected chi connectivity index (χ0v) is 16.8. The number of nitrogens with one attached hydrogen (secondary N) is 1. The molecule has 2 heterocycles. The van der Waals surface area contributed by atoms with Crippen LogP contribution in [0.2, 0.25) is 0 Å². The van der Waals surface area contributed by atoms with E-state index < -0.39 is 6.04 Å². The molecule has 0 bridgehead atoms. The lowest BCUT2D eigenvalue weighted by atomic mass is 9.91. The van der Waals surface area contributed by atoms with Gasteiger partial charge < -0.3 is 15.1 Å². The van der Waals surface area contributed by atoms with Gasteiger partial charge in [0.1, 0.15) is 6.04 Å². The molecule has 2 aromatic carbocycles. The van der Waals surface area contributed by atoms with E-state index in [-0.39, 0.29) is 11.8 Å². The number of amides is 2. The smallest absolute Gasteiger partial charge is 0.247 e. The van der Waals surface area contributed by atoms with Gasteiger partial charge in [-0.2, -0.15) is 0 Å². The summed E-state index contributed by atoms with van der Waals surface area (Å²) in [5, 5.41) is 3.09. The van der Waals surface area contributed by atoms with Crippen molar-refractivity contribution in [2.75, 3.05) is 26.2 Å². The van der Waals surface area contributed by atoms with Crippen LogP contribution < -0.4 is 5.32 Å². The number of likely N-dealkylation sites (tertiary alicyclic amines) is 1. The van der Waals surface area contributed by atoms with Gasteiger partial charge in [0.2, 0.25) is 11.8 Å². The van der Waals surface area contributed by atoms with Crippen molar-refractivity contribution in [1.82, 2.24) is 15.1 Å². The van der Waals surface area contributed by atoms with Crippen LogP contribution in [-0.2, 0) is 22.6 Å². The molecule has 2 aliphatic rings. The summed E-state index contributed by atoms with van der Waals surface area (Å²) in [6.07, 6.45) is 3.85. The molecule has 0 saturated carbocycles. The van der Waals surface area contributed by atoms with Crippen LogP contribution in [0.4, 0.5) is 0 Å². The second-order valence-corrected chi connectivity index (χ2v) is 7.98. The zero-order chi connectivity index (χ0) is 20.1. The van der Waals surface area contributed by atoms with Gasteiger partial charge in [-0.15, -0.1) is 0 Å². The van der Waals surface area contributed by atoms with Crippen molar-refractivity contribution in [3.63, 3.8) is 0 Å². The van der Waals surface area contributed by atoms with E-state index in [1.165, 1.54) is 25.9 Å². The predicted molar refractivity (Wildman–Crippen MR) is 113 cm³/mol. The van der Waals surface area contributed by atoms with Gasteiger partial charge in [-0.3, -0.25) is 9.59 Å². The Hall–Kier alpha value is -2.66. The van der Waals surface area contributed by atoms with Crippen molar-refractivity contribution < 1.29 is 9.59 Å². The van der Waals surface area contributed by atoms with Crippen molar-refractivity contribution in [3.05, 3.63) is 71.3 Å². The molecule has 0 aliphatic carbocycles. The first kappa shape index (κ1) is 19.6. The second-order valence-electron chi connectivity index (χ2n) is 7.98. The molecule has 0 radical (unpaired) electrons. The third-order valence-electron chi connectivity index (χ3n) is 5.92. The maximum atomic E-state index is 13.2. The Morgan fingerprint density at radius 3 is 2.52 bits per heavy atom. The highest BCUT2D eigenvalue weighted by atomic mass is 16.2. The standard InChI is InChI=1S/C24H29N3O2/c28-22-17-20-11-4-5-12-21(20)23(27(22)18-19-9-2-1-3-10-19)24(29)25-13-8-16-26-14-6-7-15-26/h1-5,9-12,23H,6-8,13-18H2,(H,25,29). The SMILES string of the molecule is O=C(NCCCN1CCCC1)C1c2ccccc2CC(=O)N1Cc1ccccc1. The third kappa shape index (κ3) is 4.67. The van der Waals surface area contributed by atoms with E-state index >= 15 is 0 Å². The Labute approximate surface area is 172 Å². The number of carbonyl (C=O) groups is 2. The van der Waals surface area contributed by atoms with Crippen molar-refractivity contribution in [2.24, 2.45) is 0 Å². The van der Waals surface area contributed by atoms with Crippen LogP contribution in [0.1, 0.15) is 42.0 Å². The van der Waals surface area contributed by atoms with Crippen LogP contribution in [0.25, 0.3) is 0 Å². The normalized spacial score (nSPS) is 19.2. The van der Waals surface area contributed by atoms with Gasteiger partial charge in [-0.05, 0) is 55.6 Å². The topological polar surface area (TPSA) is 52.7 Å². The Bertz CT molecular complexity index is 846. The third-order valence-corrected chi connectivity index (χ3v) is 5.92. The summed E-state index contributed by atoms with van der Waals surface area (Å²) in [4.78, 5) is 30.3. The fourth-order valence-corrected chi connectivity index (χ4v) is 4.40. The van der Waals surface area contributed by atoms with Gasteiger partial charge in [-0.1, -0.05) is 54.6 Å². The number of benzene rings is 2. The van der Waals surface area contributed by atoms with Gasteiger partial charge in [0, 0.05) is 13.1 Å². The molecule has 1 saturated heterocycles. The molecular formula is C24H29N3O2. The monoisotopic (exact) mass is 391 g/mol. The first-order chi connectivity index (χ1) is 14.2. The highest BCUT2D eigenvalue weighted by Crippen LogP contribution is 2.32. The van der Waals surface area contributed by atoms with Crippen LogP contribution in [0.5, 0.6) is 0 Å². The Balaban J connectivity index is 1.47. The Kier molecular flexibility index (Phi) is 6.25. The van der Waals surface area contributed by atoms with Crippen molar-refractivity contribution in [3.8, 4) is 0 Å². The lowest BCUT2D eigenvalue weighted by molar-refractivity contribution is -0.142. The molecule has 0 aromatic heterocycles. The molecular weight excluding hydrogens is 362 g/mol. The Morgan fingerprint density at radius 2 is 1.72 bits per heavy atom. The molecule has 4 rings (SSSR count). The first-order valence-electron chi connectivity index (χ1n) is 10.6. The van der Waals surface area contributed by atoms with Crippen LogP contribution in [0.15, 0.2) is 54.6 Å². The highest BCUT2D eigenvalue weighted by Gasteiger charge is 2.36. The van der Waals surface area contributed by atoms with Crippen LogP contribution in [0.3, 0.4) is 0 Å². The highest BCUT2D eigenvalue weighted by molar-refractivity contribution is 5.92. The van der Waals surface area contributed by atoms with Crippen molar-refractivity contribution in [1.29, 1.82) is 0 Å². The minimum Gasteiger partial charge on any atom is -0.354 e. The average molecular weight is 392 g/mol. The number of hydrogen-bond donors (Lipinski definition) is 1. The Morgan fingerprint density at radius 1 is 1.00 bits per heavy atom. The summed E-state index contributed by atoms with van der Waals surface area (Å²) < 4.78 is 0. The molecule has 1 N–H and O–H groups in total. The summed E-state index contributed by atoms with van der Waals surface area (Å²) in [6, 6.07) is 17.1. The predicted octanol–water partition coefficient (Wildman–Crippen LogP) is 2.91. The van der Waals surface area contributed by atoms with E-state index in [1.54, 1.807) is 4.90 Å². The van der Waals surface area contributed by atoms with E-state index in [0.29, 0.717) is 19.5 Å². The maximum absolute atomic E-state index is 13.2. The number of hydrogen-bond acceptors (Lipinski definition) is 3. The van der Waals surface area contributed by atoms with Gasteiger partial charge in [0.25, 0.3) is 0 Å². The molecule has 1 unspecified atom stereocenters. The number of fused-ring (bicyclic) bond motifs is 1. The van der Waals surface area contributed by atoms with Crippen molar-refractivity contribution >= 4 is 11.8 Å². The van der Waals surface area contributed by atoms with Crippen LogP contribution in [-0.4, -0.2) is 47.8 Å². The first-order valence-corrected chi connectivity index (χ1v) is 10.6. The fraction of sp³-hybridized carbons (Fsp3) is 0.417. The lowest BCUT2D eigenvalue weighted by Gasteiger charge is -2.36. The van der Waals surface area contributed by atoms with Gasteiger partial charge in [-0.25, -0.2) is 0 Å². The summed E-state index contributed by atoms with van der Waals surface area (Å²) in [6.45, 7) is 4.45. The summed E-state index contributed by atoms with van der Waals surface area (Å²) >= 11 is 0. The second kappa shape index (κ2) is 9.23. The molecule has 29 heavy (non-hydrogen) atoms. The van der Waals surface area contributed by atoms with Gasteiger partial charge >= 0.3 is 0 Å². The van der Waals surface area contributed by atoms with E-state index in [4.69, 9.17) is 0 Å². The number of nitrogens with zero attached hydrogens (tertiary/aromatic N) is 2. The molecule has 0 spiro atoms. The average Bonchev–Trinajstić information content (AvgIpc) is 3.26. The molecule has 1 fully saturated rings. The molecule has 2 aliphatic heterocycles.